The van der Waals surface area contributed by atoms with Gasteiger partial charge in [0.05, 0.1) is 17.3 Å². The first-order valence-electron chi connectivity index (χ1n) is 6.86. The highest BCUT2D eigenvalue weighted by molar-refractivity contribution is 7.21. The molecule has 4 nitrogen and oxygen atoms in total. The summed E-state index contributed by atoms with van der Waals surface area (Å²) in [5, 5.41) is 4.11. The van der Waals surface area contributed by atoms with Gasteiger partial charge in [0.15, 0.2) is 0 Å². The number of nitrogens with zero attached hydrogens (tertiary/aromatic N) is 2. The second kappa shape index (κ2) is 5.69. The van der Waals surface area contributed by atoms with E-state index in [-0.39, 0.29) is 0 Å². The second-order valence-corrected chi connectivity index (χ2v) is 5.72. The molecule has 0 bridgehead atoms. The number of pyridine rings is 1. The molecule has 0 aliphatic heterocycles. The topological polar surface area (TPSA) is 47.0 Å². The number of nitrogens with one attached hydrogen (secondary N) is 1. The van der Waals surface area contributed by atoms with Gasteiger partial charge in [-0.25, -0.2) is 9.97 Å². The standard InChI is InChI=1S/C16H17N3OS/c1-4-10-7-11(9-18-15(10)17-2)16-19-13-6-5-12(20-3)8-14(13)21-16/h5-9H,4H2,1-3H3,(H,17,18). The van der Waals surface area contributed by atoms with Crippen molar-refractivity contribution in [2.45, 2.75) is 13.3 Å². The van der Waals surface area contributed by atoms with Crippen molar-refractivity contribution in [1.29, 1.82) is 0 Å². The molecule has 0 aliphatic rings. The number of ether oxygens (including phenoxy) is 1. The van der Waals surface area contributed by atoms with E-state index < -0.39 is 0 Å². The van der Waals surface area contributed by atoms with Gasteiger partial charge < -0.3 is 10.1 Å². The Bertz CT molecular complexity index is 782. The summed E-state index contributed by atoms with van der Waals surface area (Å²) in [7, 11) is 3.57. The zero-order valence-electron chi connectivity index (χ0n) is 12.3. The summed E-state index contributed by atoms with van der Waals surface area (Å²) >= 11 is 1.66. The number of aromatic nitrogens is 2. The molecule has 0 unspecified atom stereocenters. The third-order valence-corrected chi connectivity index (χ3v) is 4.49. The van der Waals surface area contributed by atoms with Gasteiger partial charge in [0.25, 0.3) is 0 Å². The highest BCUT2D eigenvalue weighted by Crippen LogP contribution is 2.33. The van der Waals surface area contributed by atoms with Gasteiger partial charge in [0, 0.05) is 18.8 Å². The minimum atomic E-state index is 0.857. The zero-order chi connectivity index (χ0) is 14.8. The molecule has 0 spiro atoms. The second-order valence-electron chi connectivity index (χ2n) is 4.69. The normalized spacial score (nSPS) is 10.8. The number of aryl methyl sites for hydroxylation is 1. The molecule has 21 heavy (non-hydrogen) atoms. The molecule has 0 aliphatic carbocycles. The van der Waals surface area contributed by atoms with Crippen molar-refractivity contribution in [3.63, 3.8) is 0 Å². The Kier molecular flexibility index (Phi) is 3.75. The number of rotatable bonds is 4. The van der Waals surface area contributed by atoms with Gasteiger partial charge in [-0.05, 0) is 36.2 Å². The Hall–Kier alpha value is -2.14. The van der Waals surface area contributed by atoms with E-state index in [1.807, 2.05) is 31.4 Å². The Labute approximate surface area is 127 Å². The van der Waals surface area contributed by atoms with Gasteiger partial charge in [0.1, 0.15) is 16.6 Å². The number of hydrogen-bond acceptors (Lipinski definition) is 5. The maximum absolute atomic E-state index is 5.26. The molecule has 0 amide bonds. The molecule has 2 heterocycles. The molecular weight excluding hydrogens is 282 g/mol. The molecule has 0 fully saturated rings. The van der Waals surface area contributed by atoms with Crippen LogP contribution in [-0.4, -0.2) is 24.1 Å². The van der Waals surface area contributed by atoms with Crippen LogP contribution in [0.25, 0.3) is 20.8 Å². The quantitative estimate of drug-likeness (QED) is 0.792. The molecule has 108 valence electrons. The third kappa shape index (κ3) is 2.56. The molecule has 0 atom stereocenters. The average molecular weight is 299 g/mol. The van der Waals surface area contributed by atoms with Crippen molar-refractivity contribution < 1.29 is 4.74 Å². The molecule has 2 aromatic heterocycles. The lowest BCUT2D eigenvalue weighted by Gasteiger charge is -2.07. The fraction of sp³-hybridized carbons (Fsp3) is 0.250. The molecule has 0 saturated heterocycles. The number of thiazole rings is 1. The van der Waals surface area contributed by atoms with Crippen LogP contribution in [0.15, 0.2) is 30.5 Å². The van der Waals surface area contributed by atoms with Crippen molar-refractivity contribution in [3.8, 4) is 16.3 Å². The predicted octanol–water partition coefficient (Wildman–Crippen LogP) is 3.97. The van der Waals surface area contributed by atoms with Gasteiger partial charge in [-0.2, -0.15) is 0 Å². The van der Waals surface area contributed by atoms with E-state index in [1.165, 1.54) is 5.56 Å². The van der Waals surface area contributed by atoms with E-state index in [1.54, 1.807) is 18.4 Å². The van der Waals surface area contributed by atoms with E-state index in [0.29, 0.717) is 0 Å². The molecule has 3 aromatic rings. The minimum absolute atomic E-state index is 0.857. The summed E-state index contributed by atoms with van der Waals surface area (Å²) < 4.78 is 6.39. The van der Waals surface area contributed by atoms with Crippen molar-refractivity contribution in [3.05, 3.63) is 36.0 Å². The van der Waals surface area contributed by atoms with Gasteiger partial charge in [-0.1, -0.05) is 6.92 Å². The predicted molar refractivity (Wildman–Crippen MR) is 88.3 cm³/mol. The monoisotopic (exact) mass is 299 g/mol. The van der Waals surface area contributed by atoms with Gasteiger partial charge in [-0.3, -0.25) is 0 Å². The first kappa shape index (κ1) is 13.8. The van der Waals surface area contributed by atoms with Crippen LogP contribution < -0.4 is 10.1 Å². The largest absolute Gasteiger partial charge is 0.497 e. The summed E-state index contributed by atoms with van der Waals surface area (Å²) in [5.41, 5.74) is 3.25. The van der Waals surface area contributed by atoms with Gasteiger partial charge >= 0.3 is 0 Å². The van der Waals surface area contributed by atoms with Crippen molar-refractivity contribution >= 4 is 27.4 Å². The maximum Gasteiger partial charge on any atom is 0.128 e. The van der Waals surface area contributed by atoms with E-state index in [4.69, 9.17) is 9.72 Å². The molecule has 0 radical (unpaired) electrons. The molecule has 5 heteroatoms. The summed E-state index contributed by atoms with van der Waals surface area (Å²) in [4.78, 5) is 9.17. The van der Waals surface area contributed by atoms with Crippen LogP contribution in [0, 0.1) is 0 Å². The Morgan fingerprint density at radius 1 is 1.29 bits per heavy atom. The van der Waals surface area contributed by atoms with E-state index in [2.05, 4.69) is 23.3 Å². The van der Waals surface area contributed by atoms with Crippen LogP contribution in [0.2, 0.25) is 0 Å². The number of fused-ring (bicyclic) bond motifs is 1. The molecule has 1 N–H and O–H groups in total. The average Bonchev–Trinajstić information content (AvgIpc) is 2.96. The SMILES string of the molecule is CCc1cc(-c2nc3ccc(OC)cc3s2)cnc1NC. The van der Waals surface area contributed by atoms with E-state index in [9.17, 15) is 0 Å². The van der Waals surface area contributed by atoms with Crippen molar-refractivity contribution in [2.24, 2.45) is 0 Å². The number of benzene rings is 1. The van der Waals surface area contributed by atoms with Crippen LogP contribution >= 0.6 is 11.3 Å². The molecular formula is C16H17N3OS. The van der Waals surface area contributed by atoms with Crippen molar-refractivity contribution in [1.82, 2.24) is 9.97 Å². The fourth-order valence-corrected chi connectivity index (χ4v) is 3.25. The highest BCUT2D eigenvalue weighted by Gasteiger charge is 2.10. The fourth-order valence-electron chi connectivity index (χ4n) is 2.28. The maximum atomic E-state index is 5.26. The van der Waals surface area contributed by atoms with Gasteiger partial charge in [0.2, 0.25) is 0 Å². The molecule has 1 aromatic carbocycles. The van der Waals surface area contributed by atoms with E-state index >= 15 is 0 Å². The Morgan fingerprint density at radius 2 is 2.14 bits per heavy atom. The summed E-state index contributed by atoms with van der Waals surface area (Å²) in [6, 6.07) is 8.11. The van der Waals surface area contributed by atoms with Crippen LogP contribution in [0.5, 0.6) is 5.75 Å². The lowest BCUT2D eigenvalue weighted by molar-refractivity contribution is 0.415. The lowest BCUT2D eigenvalue weighted by atomic mass is 10.1. The zero-order valence-corrected chi connectivity index (χ0v) is 13.1. The summed E-state index contributed by atoms with van der Waals surface area (Å²) in [6.07, 6.45) is 2.82. The number of hydrogen-bond donors (Lipinski definition) is 1. The van der Waals surface area contributed by atoms with E-state index in [0.717, 1.165) is 38.8 Å². The smallest absolute Gasteiger partial charge is 0.128 e. The first-order valence-corrected chi connectivity index (χ1v) is 7.68. The summed E-state index contributed by atoms with van der Waals surface area (Å²) in [5.74, 6) is 1.79. The van der Waals surface area contributed by atoms with Crippen molar-refractivity contribution in [2.75, 3.05) is 19.5 Å². The first-order chi connectivity index (χ1) is 10.2. The Balaban J connectivity index is 2.07. The highest BCUT2D eigenvalue weighted by atomic mass is 32.1. The summed E-state index contributed by atoms with van der Waals surface area (Å²) in [6.45, 7) is 2.13. The lowest BCUT2D eigenvalue weighted by Crippen LogP contribution is -1.98. The third-order valence-electron chi connectivity index (χ3n) is 3.43. The van der Waals surface area contributed by atoms with Crippen LogP contribution in [0.1, 0.15) is 12.5 Å². The van der Waals surface area contributed by atoms with Crippen LogP contribution in [0.4, 0.5) is 5.82 Å². The van der Waals surface area contributed by atoms with Gasteiger partial charge in [-0.15, -0.1) is 11.3 Å². The Morgan fingerprint density at radius 3 is 2.86 bits per heavy atom. The number of methoxy groups -OCH3 is 1. The molecule has 0 saturated carbocycles. The minimum Gasteiger partial charge on any atom is -0.497 e. The van der Waals surface area contributed by atoms with Crippen LogP contribution in [-0.2, 0) is 6.42 Å². The number of anilines is 1. The molecule has 3 rings (SSSR count). The van der Waals surface area contributed by atoms with Crippen LogP contribution in [0.3, 0.4) is 0 Å².